The average Bonchev–Trinajstić information content (AvgIpc) is 3.17. The van der Waals surface area contributed by atoms with Crippen LogP contribution in [0.15, 0.2) is 40.7 Å². The van der Waals surface area contributed by atoms with Gasteiger partial charge in [-0.25, -0.2) is 9.98 Å². The maximum Gasteiger partial charge on any atom is 0.191 e. The molecule has 0 radical (unpaired) electrons. The Morgan fingerprint density at radius 3 is 2.54 bits per heavy atom. The summed E-state index contributed by atoms with van der Waals surface area (Å²) in [5.41, 5.74) is 2.56. The molecular weight excluding hydrogens is 366 g/mol. The summed E-state index contributed by atoms with van der Waals surface area (Å²) in [7, 11) is 0. The second-order valence-corrected chi connectivity index (χ2v) is 9.26. The molecule has 1 fully saturated rings. The minimum Gasteiger partial charge on any atom is -0.371 e. The molecule has 3 rings (SSSR count). The van der Waals surface area contributed by atoms with Crippen molar-refractivity contribution < 1.29 is 0 Å². The Kier molecular flexibility index (Phi) is 6.94. The molecule has 0 unspecified atom stereocenters. The van der Waals surface area contributed by atoms with Gasteiger partial charge in [0.1, 0.15) is 5.01 Å². The van der Waals surface area contributed by atoms with Crippen LogP contribution in [-0.2, 0) is 12.0 Å². The average molecular weight is 400 g/mol. The van der Waals surface area contributed by atoms with Crippen molar-refractivity contribution in [1.82, 2.24) is 15.6 Å². The lowest BCUT2D eigenvalue weighted by atomic mass is 9.93. The van der Waals surface area contributed by atoms with E-state index in [9.17, 15) is 0 Å². The first-order valence-corrected chi connectivity index (χ1v) is 11.1. The molecule has 0 aliphatic carbocycles. The fourth-order valence-electron chi connectivity index (χ4n) is 3.31. The zero-order valence-electron chi connectivity index (χ0n) is 17.5. The third kappa shape index (κ3) is 5.71. The minimum atomic E-state index is 0.0912. The third-order valence-corrected chi connectivity index (χ3v) is 5.83. The summed E-state index contributed by atoms with van der Waals surface area (Å²) in [6.45, 7) is 12.3. The maximum absolute atomic E-state index is 4.78. The van der Waals surface area contributed by atoms with E-state index < -0.39 is 0 Å². The second-order valence-electron chi connectivity index (χ2n) is 8.31. The van der Waals surface area contributed by atoms with Crippen molar-refractivity contribution in [2.75, 3.05) is 24.5 Å². The molecule has 2 N–H and O–H groups in total. The van der Waals surface area contributed by atoms with Crippen molar-refractivity contribution in [1.29, 1.82) is 0 Å². The molecule has 1 aromatic heterocycles. The number of aliphatic imine (C=N–C) groups is 1. The summed E-state index contributed by atoms with van der Waals surface area (Å²) in [5.74, 6) is 0.896. The van der Waals surface area contributed by atoms with Crippen molar-refractivity contribution in [3.8, 4) is 0 Å². The van der Waals surface area contributed by atoms with Gasteiger partial charge in [0.05, 0.1) is 12.2 Å². The van der Waals surface area contributed by atoms with Crippen LogP contribution in [0.25, 0.3) is 0 Å². The number of hydrogen-bond acceptors (Lipinski definition) is 4. The number of thiazole rings is 1. The van der Waals surface area contributed by atoms with E-state index in [1.165, 1.54) is 5.69 Å². The van der Waals surface area contributed by atoms with Crippen LogP contribution in [-0.4, -0.2) is 36.6 Å². The highest BCUT2D eigenvalue weighted by Crippen LogP contribution is 2.24. The minimum absolute atomic E-state index is 0.0912. The van der Waals surface area contributed by atoms with E-state index in [-0.39, 0.29) is 5.41 Å². The Morgan fingerprint density at radius 1 is 1.21 bits per heavy atom. The van der Waals surface area contributed by atoms with Crippen LogP contribution < -0.4 is 15.5 Å². The number of hydrogen-bond donors (Lipinski definition) is 2. The smallest absolute Gasteiger partial charge is 0.191 e. The monoisotopic (exact) mass is 399 g/mol. The molecule has 2 heterocycles. The molecule has 1 saturated heterocycles. The number of nitrogens with zero attached hydrogens (tertiary/aromatic N) is 3. The van der Waals surface area contributed by atoms with Gasteiger partial charge in [-0.05, 0) is 31.9 Å². The van der Waals surface area contributed by atoms with Crippen LogP contribution in [0, 0.1) is 0 Å². The maximum atomic E-state index is 4.78. The van der Waals surface area contributed by atoms with Gasteiger partial charge in [0.25, 0.3) is 0 Å². The number of para-hydroxylation sites is 1. The number of anilines is 1. The van der Waals surface area contributed by atoms with Gasteiger partial charge in [-0.1, -0.05) is 39.0 Å². The highest BCUT2D eigenvalue weighted by atomic mass is 32.1. The lowest BCUT2D eigenvalue weighted by Crippen LogP contribution is -2.48. The normalized spacial score (nSPS) is 16.3. The molecule has 0 spiro atoms. The Hall–Kier alpha value is -2.08. The van der Waals surface area contributed by atoms with Gasteiger partial charge >= 0.3 is 0 Å². The van der Waals surface area contributed by atoms with Crippen LogP contribution in [0.3, 0.4) is 0 Å². The topological polar surface area (TPSA) is 52.6 Å². The largest absolute Gasteiger partial charge is 0.371 e. The Labute approximate surface area is 173 Å². The van der Waals surface area contributed by atoms with Gasteiger partial charge in [-0.15, -0.1) is 11.3 Å². The highest BCUT2D eigenvalue weighted by Gasteiger charge is 2.20. The molecule has 6 heteroatoms. The van der Waals surface area contributed by atoms with Gasteiger partial charge in [0.15, 0.2) is 5.96 Å². The van der Waals surface area contributed by atoms with Gasteiger partial charge in [0, 0.05) is 42.2 Å². The van der Waals surface area contributed by atoms with Crippen LogP contribution in [0.5, 0.6) is 0 Å². The summed E-state index contributed by atoms with van der Waals surface area (Å²) in [6, 6.07) is 11.1. The summed E-state index contributed by atoms with van der Waals surface area (Å²) in [6.07, 6.45) is 2.23. The zero-order chi connectivity index (χ0) is 20.0. The lowest BCUT2D eigenvalue weighted by molar-refractivity contribution is 0.461. The summed E-state index contributed by atoms with van der Waals surface area (Å²) >= 11 is 1.70. The molecule has 0 bridgehead atoms. The second kappa shape index (κ2) is 9.41. The van der Waals surface area contributed by atoms with Crippen molar-refractivity contribution in [3.63, 3.8) is 0 Å². The molecule has 1 aromatic carbocycles. The first-order chi connectivity index (χ1) is 13.5. The number of piperidine rings is 1. The SMILES string of the molecule is CCNC(=NCc1nc(C(C)(C)C)cs1)NC1CCN(c2ccccc2)CC1. The first-order valence-electron chi connectivity index (χ1n) is 10.3. The highest BCUT2D eigenvalue weighted by molar-refractivity contribution is 7.09. The standard InChI is InChI=1S/C22H33N5S/c1-5-23-21(24-15-20-26-19(16-28-20)22(2,3)4)25-17-11-13-27(14-12-17)18-9-7-6-8-10-18/h6-10,16-17H,5,11-15H2,1-4H3,(H2,23,24,25). The predicted molar refractivity (Wildman–Crippen MR) is 120 cm³/mol. The Bertz CT molecular complexity index is 755. The summed E-state index contributed by atoms with van der Waals surface area (Å²) in [5, 5.41) is 10.2. The molecule has 152 valence electrons. The van der Waals surface area contributed by atoms with Crippen LogP contribution >= 0.6 is 11.3 Å². The molecule has 0 atom stereocenters. The fourth-order valence-corrected chi connectivity index (χ4v) is 4.25. The van der Waals surface area contributed by atoms with Gasteiger partial charge in [-0.3, -0.25) is 0 Å². The fraction of sp³-hybridized carbons (Fsp3) is 0.545. The van der Waals surface area contributed by atoms with E-state index in [1.807, 2.05) is 0 Å². The molecule has 1 aliphatic heterocycles. The Balaban J connectivity index is 1.54. The number of benzene rings is 1. The van der Waals surface area contributed by atoms with Gasteiger partial charge < -0.3 is 15.5 Å². The molecule has 1 aliphatic rings. The Morgan fingerprint density at radius 2 is 1.93 bits per heavy atom. The van der Waals surface area contributed by atoms with Gasteiger partial charge in [0.2, 0.25) is 0 Å². The van der Waals surface area contributed by atoms with E-state index >= 15 is 0 Å². The number of nitrogens with one attached hydrogen (secondary N) is 2. The van der Waals surface area contributed by atoms with E-state index in [0.29, 0.717) is 12.6 Å². The van der Waals surface area contributed by atoms with E-state index in [0.717, 1.165) is 49.1 Å². The van der Waals surface area contributed by atoms with Gasteiger partial charge in [-0.2, -0.15) is 0 Å². The summed E-state index contributed by atoms with van der Waals surface area (Å²) < 4.78 is 0. The van der Waals surface area contributed by atoms with Crippen LogP contribution in [0.4, 0.5) is 5.69 Å². The first kappa shape index (κ1) is 20.6. The number of rotatable bonds is 5. The molecule has 5 nitrogen and oxygen atoms in total. The number of aromatic nitrogens is 1. The van der Waals surface area contributed by atoms with E-state index in [1.54, 1.807) is 11.3 Å². The van der Waals surface area contributed by atoms with Crippen LogP contribution in [0.1, 0.15) is 51.2 Å². The molecule has 2 aromatic rings. The lowest BCUT2D eigenvalue weighted by Gasteiger charge is -2.34. The number of guanidine groups is 1. The molecule has 0 amide bonds. The zero-order valence-corrected chi connectivity index (χ0v) is 18.4. The van der Waals surface area contributed by atoms with Crippen molar-refractivity contribution in [2.24, 2.45) is 4.99 Å². The van der Waals surface area contributed by atoms with Crippen molar-refractivity contribution >= 4 is 23.0 Å². The third-order valence-electron chi connectivity index (χ3n) is 4.99. The molecular formula is C22H33N5S. The predicted octanol–water partition coefficient (Wildman–Crippen LogP) is 4.16. The summed E-state index contributed by atoms with van der Waals surface area (Å²) in [4.78, 5) is 12.0. The van der Waals surface area contributed by atoms with Crippen molar-refractivity contribution in [2.45, 2.75) is 58.5 Å². The van der Waals surface area contributed by atoms with Crippen molar-refractivity contribution in [3.05, 3.63) is 46.4 Å². The molecule has 0 saturated carbocycles. The quantitative estimate of drug-likeness (QED) is 0.585. The van der Waals surface area contributed by atoms with Crippen LogP contribution in [0.2, 0.25) is 0 Å². The van der Waals surface area contributed by atoms with E-state index in [2.05, 4.69) is 78.9 Å². The molecule has 28 heavy (non-hydrogen) atoms. The van der Waals surface area contributed by atoms with E-state index in [4.69, 9.17) is 9.98 Å².